The SMILES string of the molecule is O=C1CCc2c(cc(-c3ccccc3)n2-c2cccc(C(=O)O)c2)C1. The molecule has 4 rings (SSSR count). The first-order chi connectivity index (χ1) is 12.1. The molecule has 0 radical (unpaired) electrons. The number of carbonyl (C=O) groups is 2. The van der Waals surface area contributed by atoms with Crippen molar-refractivity contribution in [1.29, 1.82) is 0 Å². The van der Waals surface area contributed by atoms with E-state index in [1.165, 1.54) is 0 Å². The van der Waals surface area contributed by atoms with Crippen molar-refractivity contribution in [2.24, 2.45) is 0 Å². The number of hydrogen-bond donors (Lipinski definition) is 1. The predicted octanol–water partition coefficient (Wildman–Crippen LogP) is 3.90. The van der Waals surface area contributed by atoms with Crippen LogP contribution in [0.25, 0.3) is 16.9 Å². The number of hydrogen-bond acceptors (Lipinski definition) is 2. The largest absolute Gasteiger partial charge is 0.478 e. The number of rotatable bonds is 3. The van der Waals surface area contributed by atoms with Gasteiger partial charge in [0.1, 0.15) is 5.78 Å². The Morgan fingerprint density at radius 2 is 1.76 bits per heavy atom. The molecule has 1 aromatic heterocycles. The maximum Gasteiger partial charge on any atom is 0.335 e. The number of aromatic carboxylic acids is 1. The number of carboxylic acids is 1. The maximum atomic E-state index is 11.9. The van der Waals surface area contributed by atoms with Gasteiger partial charge >= 0.3 is 5.97 Å². The minimum atomic E-state index is -0.945. The maximum absolute atomic E-state index is 11.9. The first-order valence-electron chi connectivity index (χ1n) is 8.28. The topological polar surface area (TPSA) is 59.3 Å². The van der Waals surface area contributed by atoms with Crippen molar-refractivity contribution >= 4 is 11.8 Å². The van der Waals surface area contributed by atoms with Crippen molar-refractivity contribution in [3.63, 3.8) is 0 Å². The Hall–Kier alpha value is -3.14. The van der Waals surface area contributed by atoms with Crippen LogP contribution < -0.4 is 0 Å². The summed E-state index contributed by atoms with van der Waals surface area (Å²) in [6, 6.07) is 19.0. The van der Waals surface area contributed by atoms with E-state index in [0.29, 0.717) is 19.3 Å². The van der Waals surface area contributed by atoms with Crippen molar-refractivity contribution in [3.8, 4) is 16.9 Å². The highest BCUT2D eigenvalue weighted by Gasteiger charge is 2.24. The van der Waals surface area contributed by atoms with E-state index in [-0.39, 0.29) is 11.3 Å². The normalized spacial score (nSPS) is 13.5. The molecule has 4 nitrogen and oxygen atoms in total. The van der Waals surface area contributed by atoms with Crippen LogP contribution in [0.2, 0.25) is 0 Å². The van der Waals surface area contributed by atoms with Crippen LogP contribution in [-0.4, -0.2) is 21.4 Å². The Kier molecular flexibility index (Phi) is 3.73. The molecule has 3 aromatic rings. The molecule has 0 saturated carbocycles. The van der Waals surface area contributed by atoms with E-state index in [0.717, 1.165) is 28.2 Å². The lowest BCUT2D eigenvalue weighted by atomic mass is 9.96. The van der Waals surface area contributed by atoms with Gasteiger partial charge in [0.25, 0.3) is 0 Å². The van der Waals surface area contributed by atoms with Crippen LogP contribution >= 0.6 is 0 Å². The third-order valence-electron chi connectivity index (χ3n) is 4.64. The van der Waals surface area contributed by atoms with Crippen LogP contribution in [0, 0.1) is 0 Å². The molecule has 0 atom stereocenters. The first-order valence-corrected chi connectivity index (χ1v) is 8.28. The summed E-state index contributed by atoms with van der Waals surface area (Å²) in [6.07, 6.45) is 1.66. The lowest BCUT2D eigenvalue weighted by Gasteiger charge is -2.17. The van der Waals surface area contributed by atoms with Crippen LogP contribution in [-0.2, 0) is 17.6 Å². The highest BCUT2D eigenvalue weighted by atomic mass is 16.4. The average molecular weight is 331 g/mol. The average Bonchev–Trinajstić information content (AvgIpc) is 3.01. The smallest absolute Gasteiger partial charge is 0.335 e. The van der Waals surface area contributed by atoms with Gasteiger partial charge in [-0.3, -0.25) is 4.79 Å². The van der Waals surface area contributed by atoms with Crippen LogP contribution in [0.15, 0.2) is 60.7 Å². The molecule has 1 heterocycles. The Bertz CT molecular complexity index is 970. The second kappa shape index (κ2) is 6.06. The monoisotopic (exact) mass is 331 g/mol. The molecule has 0 saturated heterocycles. The number of ketones is 1. The first kappa shape index (κ1) is 15.4. The third-order valence-corrected chi connectivity index (χ3v) is 4.64. The Labute approximate surface area is 145 Å². The second-order valence-electron chi connectivity index (χ2n) is 6.27. The fraction of sp³-hybridized carbons (Fsp3) is 0.143. The quantitative estimate of drug-likeness (QED) is 0.792. The molecule has 25 heavy (non-hydrogen) atoms. The highest BCUT2D eigenvalue weighted by Crippen LogP contribution is 2.33. The van der Waals surface area contributed by atoms with Crippen molar-refractivity contribution in [1.82, 2.24) is 4.57 Å². The minimum Gasteiger partial charge on any atom is -0.478 e. The van der Waals surface area contributed by atoms with Gasteiger partial charge in [0, 0.05) is 24.2 Å². The molecule has 0 fully saturated rings. The van der Waals surface area contributed by atoms with E-state index in [1.807, 2.05) is 36.4 Å². The molecule has 0 spiro atoms. The molecule has 1 N–H and O–H groups in total. The van der Waals surface area contributed by atoms with Gasteiger partial charge in [-0.1, -0.05) is 36.4 Å². The molecule has 4 heteroatoms. The molecule has 0 aliphatic heterocycles. The van der Waals surface area contributed by atoms with Crippen LogP contribution in [0.1, 0.15) is 28.0 Å². The summed E-state index contributed by atoms with van der Waals surface area (Å²) in [5.74, 6) is -0.692. The van der Waals surface area contributed by atoms with Gasteiger partial charge < -0.3 is 9.67 Å². The van der Waals surface area contributed by atoms with Crippen LogP contribution in [0.5, 0.6) is 0 Å². The molecule has 0 bridgehead atoms. The standard InChI is InChI=1S/C21H17NO3/c23-18-9-10-19-16(12-18)13-20(14-5-2-1-3-6-14)22(19)17-8-4-7-15(11-17)21(24)25/h1-8,11,13H,9-10,12H2,(H,24,25). The zero-order valence-electron chi connectivity index (χ0n) is 13.6. The van der Waals surface area contributed by atoms with E-state index in [4.69, 9.17) is 0 Å². The number of fused-ring (bicyclic) bond motifs is 1. The number of nitrogens with zero attached hydrogens (tertiary/aromatic N) is 1. The van der Waals surface area contributed by atoms with E-state index >= 15 is 0 Å². The van der Waals surface area contributed by atoms with Gasteiger partial charge in [-0.2, -0.15) is 0 Å². The summed E-state index contributed by atoms with van der Waals surface area (Å²) in [5, 5.41) is 9.31. The number of carbonyl (C=O) groups excluding carboxylic acids is 1. The van der Waals surface area contributed by atoms with E-state index in [2.05, 4.69) is 10.6 Å². The van der Waals surface area contributed by atoms with Crippen LogP contribution in [0.4, 0.5) is 0 Å². The highest BCUT2D eigenvalue weighted by molar-refractivity contribution is 5.88. The Balaban J connectivity index is 1.95. The molecule has 1 aliphatic rings. The van der Waals surface area contributed by atoms with Gasteiger partial charge in [0.15, 0.2) is 0 Å². The van der Waals surface area contributed by atoms with Crippen molar-refractivity contribution in [3.05, 3.63) is 77.5 Å². The van der Waals surface area contributed by atoms with Gasteiger partial charge in [-0.15, -0.1) is 0 Å². The van der Waals surface area contributed by atoms with Crippen molar-refractivity contribution < 1.29 is 14.7 Å². The number of benzene rings is 2. The van der Waals surface area contributed by atoms with Gasteiger partial charge in [0.05, 0.1) is 11.3 Å². The van der Waals surface area contributed by atoms with E-state index in [9.17, 15) is 14.7 Å². The summed E-state index contributed by atoms with van der Waals surface area (Å²) in [6.45, 7) is 0. The van der Waals surface area contributed by atoms with Crippen molar-refractivity contribution in [2.75, 3.05) is 0 Å². The lowest BCUT2D eigenvalue weighted by molar-refractivity contribution is -0.118. The summed E-state index contributed by atoms with van der Waals surface area (Å²) in [5.41, 5.74) is 5.24. The van der Waals surface area contributed by atoms with Gasteiger partial charge in [-0.25, -0.2) is 4.79 Å². The molecule has 0 unspecified atom stereocenters. The van der Waals surface area contributed by atoms with E-state index in [1.54, 1.807) is 18.2 Å². The summed E-state index contributed by atoms with van der Waals surface area (Å²) in [7, 11) is 0. The van der Waals surface area contributed by atoms with Gasteiger partial charge in [0.2, 0.25) is 0 Å². The fourth-order valence-corrected chi connectivity index (χ4v) is 3.48. The zero-order chi connectivity index (χ0) is 17.4. The van der Waals surface area contributed by atoms with Gasteiger partial charge in [-0.05, 0) is 41.8 Å². The third kappa shape index (κ3) is 2.76. The molecule has 2 aromatic carbocycles. The van der Waals surface area contributed by atoms with Crippen molar-refractivity contribution in [2.45, 2.75) is 19.3 Å². The number of Topliss-reactive ketones (excluding diaryl/α,β-unsaturated/α-hetero) is 1. The molecular formula is C21H17NO3. The summed E-state index contributed by atoms with van der Waals surface area (Å²) < 4.78 is 2.10. The second-order valence-corrected chi connectivity index (χ2v) is 6.27. The summed E-state index contributed by atoms with van der Waals surface area (Å²) in [4.78, 5) is 23.2. The molecule has 1 aliphatic carbocycles. The minimum absolute atomic E-state index is 0.253. The molecule has 0 amide bonds. The molecule has 124 valence electrons. The predicted molar refractivity (Wildman–Crippen MR) is 95.2 cm³/mol. The Morgan fingerprint density at radius 3 is 2.52 bits per heavy atom. The fourth-order valence-electron chi connectivity index (χ4n) is 3.48. The Morgan fingerprint density at radius 1 is 0.960 bits per heavy atom. The lowest BCUT2D eigenvalue weighted by Crippen LogP contribution is -2.15. The van der Waals surface area contributed by atoms with E-state index < -0.39 is 5.97 Å². The zero-order valence-corrected chi connectivity index (χ0v) is 13.6. The number of aromatic nitrogens is 1. The number of carboxylic acid groups (broad SMARTS) is 1. The summed E-state index contributed by atoms with van der Waals surface area (Å²) >= 11 is 0. The molecular weight excluding hydrogens is 314 g/mol. The van der Waals surface area contributed by atoms with Crippen LogP contribution in [0.3, 0.4) is 0 Å².